The van der Waals surface area contributed by atoms with Crippen molar-refractivity contribution in [3.05, 3.63) is 0 Å². The van der Waals surface area contributed by atoms with Crippen molar-refractivity contribution in [2.75, 3.05) is 33.2 Å². The molecule has 19 heavy (non-hydrogen) atoms. The number of nitrogens with zero attached hydrogens (tertiary/aromatic N) is 2. The molecule has 2 heterocycles. The molecule has 0 aromatic carbocycles. The Morgan fingerprint density at radius 3 is 2.58 bits per heavy atom. The Balaban J connectivity index is 1.64. The second kappa shape index (κ2) is 4.71. The fourth-order valence-electron chi connectivity index (χ4n) is 4.85. The molecular weight excluding hydrogens is 234 g/mol. The first-order valence-electron chi connectivity index (χ1n) is 8.32. The van der Waals surface area contributed by atoms with Gasteiger partial charge in [-0.3, -0.25) is 4.90 Å². The van der Waals surface area contributed by atoms with Crippen LogP contribution in [0.3, 0.4) is 0 Å². The van der Waals surface area contributed by atoms with Crippen LogP contribution in [-0.2, 0) is 0 Å². The van der Waals surface area contributed by atoms with E-state index >= 15 is 0 Å². The Bertz CT molecular complexity index is 337. The second-order valence-corrected chi connectivity index (χ2v) is 7.90. The average molecular weight is 266 g/mol. The van der Waals surface area contributed by atoms with Gasteiger partial charge in [0.2, 0.25) is 0 Å². The summed E-state index contributed by atoms with van der Waals surface area (Å²) in [7, 11) is 2.52. The van der Waals surface area contributed by atoms with Gasteiger partial charge in [0.05, 0.1) is 31.7 Å². The topological polar surface area (TPSA) is 29.3 Å². The van der Waals surface area contributed by atoms with Gasteiger partial charge in [-0.1, -0.05) is 6.92 Å². The number of likely N-dealkylation sites (tertiary alicyclic amines) is 2. The van der Waals surface area contributed by atoms with Crippen molar-refractivity contribution in [2.24, 2.45) is 11.7 Å². The number of nitrogens with two attached hydrogens (primary N) is 1. The van der Waals surface area contributed by atoms with E-state index in [4.69, 9.17) is 5.73 Å². The van der Waals surface area contributed by atoms with Gasteiger partial charge in [-0.25, -0.2) is 0 Å². The number of likely N-dealkylation sites (N-methyl/N-ethyl adjacent to an activating group) is 1. The summed E-state index contributed by atoms with van der Waals surface area (Å²) in [6, 6.07) is 1.42. The molecule has 3 fully saturated rings. The second-order valence-electron chi connectivity index (χ2n) is 7.90. The zero-order valence-electron chi connectivity index (χ0n) is 13.1. The lowest BCUT2D eigenvalue weighted by Crippen LogP contribution is -2.56. The minimum atomic E-state index is 0.440. The molecule has 0 amide bonds. The van der Waals surface area contributed by atoms with E-state index in [0.29, 0.717) is 11.6 Å². The Labute approximate surface area is 118 Å². The number of hydrogen-bond donors (Lipinski definition) is 1. The third kappa shape index (κ3) is 2.45. The van der Waals surface area contributed by atoms with Crippen LogP contribution in [0.1, 0.15) is 46.0 Å². The van der Waals surface area contributed by atoms with Crippen LogP contribution < -0.4 is 5.73 Å². The van der Waals surface area contributed by atoms with Gasteiger partial charge in [-0.15, -0.1) is 0 Å². The maximum Gasteiger partial charge on any atom is 0.0973 e. The molecule has 3 rings (SSSR count). The van der Waals surface area contributed by atoms with E-state index in [9.17, 15) is 0 Å². The lowest BCUT2D eigenvalue weighted by atomic mass is 9.94. The monoisotopic (exact) mass is 266 g/mol. The van der Waals surface area contributed by atoms with E-state index in [0.717, 1.165) is 12.0 Å². The van der Waals surface area contributed by atoms with Gasteiger partial charge in [-0.05, 0) is 26.2 Å². The van der Waals surface area contributed by atoms with Crippen LogP contribution in [0.4, 0.5) is 0 Å². The first-order chi connectivity index (χ1) is 8.97. The quantitative estimate of drug-likeness (QED) is 0.790. The molecule has 0 bridgehead atoms. The van der Waals surface area contributed by atoms with Crippen LogP contribution in [0, 0.1) is 5.92 Å². The summed E-state index contributed by atoms with van der Waals surface area (Å²) in [4.78, 5) is 2.75. The molecule has 2 saturated heterocycles. The summed E-state index contributed by atoms with van der Waals surface area (Å²) in [5, 5.41) is 0. The summed E-state index contributed by atoms with van der Waals surface area (Å²) in [5.74, 6) is 1.02. The van der Waals surface area contributed by atoms with Gasteiger partial charge in [0.15, 0.2) is 0 Å². The van der Waals surface area contributed by atoms with E-state index in [1.54, 1.807) is 0 Å². The zero-order valence-corrected chi connectivity index (χ0v) is 13.1. The number of rotatable bonds is 3. The van der Waals surface area contributed by atoms with Crippen LogP contribution in [0.15, 0.2) is 0 Å². The lowest BCUT2D eigenvalue weighted by Gasteiger charge is -2.42. The van der Waals surface area contributed by atoms with Crippen molar-refractivity contribution in [2.45, 2.75) is 63.6 Å². The van der Waals surface area contributed by atoms with Gasteiger partial charge >= 0.3 is 0 Å². The fraction of sp³-hybridized carbons (Fsp3) is 1.00. The first kappa shape index (κ1) is 13.8. The Morgan fingerprint density at radius 1 is 1.32 bits per heavy atom. The van der Waals surface area contributed by atoms with Crippen molar-refractivity contribution in [1.82, 2.24) is 4.90 Å². The molecule has 3 heteroatoms. The molecule has 0 aromatic heterocycles. The van der Waals surface area contributed by atoms with Crippen LogP contribution in [-0.4, -0.2) is 60.2 Å². The first-order valence-corrected chi connectivity index (χ1v) is 8.32. The molecule has 1 aliphatic carbocycles. The van der Waals surface area contributed by atoms with Crippen LogP contribution >= 0.6 is 0 Å². The number of piperidine rings is 1. The van der Waals surface area contributed by atoms with Gasteiger partial charge in [0, 0.05) is 37.9 Å². The van der Waals surface area contributed by atoms with E-state index in [1.807, 2.05) is 0 Å². The molecule has 0 radical (unpaired) electrons. The normalized spacial score (nSPS) is 48.6. The molecule has 1 saturated carbocycles. The highest BCUT2D eigenvalue weighted by Gasteiger charge is 2.57. The molecule has 0 spiro atoms. The summed E-state index contributed by atoms with van der Waals surface area (Å²) in [6.07, 6.45) is 6.63. The van der Waals surface area contributed by atoms with E-state index in [-0.39, 0.29) is 0 Å². The Hall–Kier alpha value is -0.120. The van der Waals surface area contributed by atoms with Crippen molar-refractivity contribution in [3.8, 4) is 0 Å². The molecule has 110 valence electrons. The molecule has 0 aromatic rings. The largest absolute Gasteiger partial charge is 0.328 e. The highest BCUT2D eigenvalue weighted by molar-refractivity contribution is 4.97. The van der Waals surface area contributed by atoms with Gasteiger partial charge < -0.3 is 10.2 Å². The predicted octanol–water partition coefficient (Wildman–Crippen LogP) is 1.82. The third-order valence-electron chi connectivity index (χ3n) is 6.38. The summed E-state index contributed by atoms with van der Waals surface area (Å²) in [6.45, 7) is 10.1. The van der Waals surface area contributed by atoms with Gasteiger partial charge in [-0.2, -0.15) is 0 Å². The van der Waals surface area contributed by atoms with Crippen molar-refractivity contribution in [1.29, 1.82) is 0 Å². The highest BCUT2D eigenvalue weighted by atomic mass is 15.4. The highest BCUT2D eigenvalue weighted by Crippen LogP contribution is 2.47. The van der Waals surface area contributed by atoms with Crippen LogP contribution in [0.25, 0.3) is 0 Å². The minimum Gasteiger partial charge on any atom is -0.328 e. The molecule has 3 aliphatic rings. The fourth-order valence-corrected chi connectivity index (χ4v) is 4.85. The maximum atomic E-state index is 6.06. The van der Waals surface area contributed by atoms with E-state index in [2.05, 4.69) is 25.8 Å². The molecular formula is C16H32N3+. The molecule has 2 N–H and O–H groups in total. The average Bonchev–Trinajstić information content (AvgIpc) is 3.12. The summed E-state index contributed by atoms with van der Waals surface area (Å²) < 4.78 is 1.34. The smallest absolute Gasteiger partial charge is 0.0973 e. The standard InChI is InChI=1S/C16H32N3/c1-4-13-11-15(13)19(3)10-7-16(2,12-19)18-8-5-14(17)6-9-18/h13-15H,4-12,17H2,1-3H3/q+1. The molecule has 2 aliphatic heterocycles. The minimum absolute atomic E-state index is 0.440. The predicted molar refractivity (Wildman–Crippen MR) is 79.9 cm³/mol. The molecule has 4 atom stereocenters. The summed E-state index contributed by atoms with van der Waals surface area (Å²) in [5.41, 5.74) is 6.50. The lowest BCUT2D eigenvalue weighted by molar-refractivity contribution is -0.912. The maximum absolute atomic E-state index is 6.06. The SMILES string of the molecule is CCC1CC1[N+]1(C)CCC(C)(N2CCC(N)CC2)C1. The van der Waals surface area contributed by atoms with Crippen LogP contribution in [0.2, 0.25) is 0 Å². The van der Waals surface area contributed by atoms with E-state index in [1.165, 1.54) is 62.8 Å². The third-order valence-corrected chi connectivity index (χ3v) is 6.38. The zero-order chi connectivity index (χ0) is 13.7. The Kier molecular flexibility index (Phi) is 3.43. The Morgan fingerprint density at radius 2 is 2.00 bits per heavy atom. The van der Waals surface area contributed by atoms with Crippen LogP contribution in [0.5, 0.6) is 0 Å². The van der Waals surface area contributed by atoms with Crippen molar-refractivity contribution < 1.29 is 4.48 Å². The number of hydrogen-bond acceptors (Lipinski definition) is 2. The van der Waals surface area contributed by atoms with Gasteiger partial charge in [0.1, 0.15) is 0 Å². The van der Waals surface area contributed by atoms with Crippen molar-refractivity contribution >= 4 is 0 Å². The van der Waals surface area contributed by atoms with Gasteiger partial charge in [0.25, 0.3) is 0 Å². The summed E-state index contributed by atoms with van der Waals surface area (Å²) >= 11 is 0. The molecule has 3 nitrogen and oxygen atoms in total. The van der Waals surface area contributed by atoms with E-state index < -0.39 is 0 Å². The molecule has 4 unspecified atom stereocenters. The van der Waals surface area contributed by atoms with Crippen molar-refractivity contribution in [3.63, 3.8) is 0 Å². The number of quaternary nitrogens is 1.